The highest BCUT2D eigenvalue weighted by atomic mass is 16.8. The van der Waals surface area contributed by atoms with Gasteiger partial charge in [-0.25, -0.2) is 9.59 Å². The van der Waals surface area contributed by atoms with Gasteiger partial charge in [-0.15, -0.1) is 6.42 Å². The quantitative estimate of drug-likeness (QED) is 0.261. The Morgan fingerprint density at radius 2 is 1.81 bits per heavy atom. The maximum atomic E-state index is 13.9. The lowest BCUT2D eigenvalue weighted by molar-refractivity contribution is -0.240. The summed E-state index contributed by atoms with van der Waals surface area (Å²) in [7, 11) is 0. The van der Waals surface area contributed by atoms with Crippen molar-refractivity contribution in [3.63, 3.8) is 0 Å². The molecule has 0 aromatic heterocycles. The van der Waals surface area contributed by atoms with Crippen LogP contribution in [0.25, 0.3) is 0 Å². The minimum absolute atomic E-state index is 0.332. The molecule has 0 aromatic carbocycles. The lowest BCUT2D eigenvalue weighted by Gasteiger charge is -2.48. The van der Waals surface area contributed by atoms with Crippen molar-refractivity contribution in [3.05, 3.63) is 0 Å². The first kappa shape index (κ1) is 24.6. The first-order chi connectivity index (χ1) is 17.2. The van der Waals surface area contributed by atoms with E-state index < -0.39 is 100.0 Å². The fraction of sp³-hybridized carbons (Fsp3) is 0.760. The summed E-state index contributed by atoms with van der Waals surface area (Å²) < 4.78 is 34.9. The predicted molar refractivity (Wildman–Crippen MR) is 116 cm³/mol. The Bertz CT molecular complexity index is 1180. The summed E-state index contributed by atoms with van der Waals surface area (Å²) in [5.74, 6) is -3.39. The number of rotatable bonds is 3. The van der Waals surface area contributed by atoms with Crippen molar-refractivity contribution in [2.45, 2.75) is 82.6 Å². The third-order valence-corrected chi connectivity index (χ3v) is 9.53. The van der Waals surface area contributed by atoms with Gasteiger partial charge in [-0.1, -0.05) is 26.7 Å². The monoisotopic (exact) mass is 520 g/mol. The first-order valence-electron chi connectivity index (χ1n) is 12.1. The molecule has 0 bridgehead atoms. The third-order valence-electron chi connectivity index (χ3n) is 9.53. The van der Waals surface area contributed by atoms with Gasteiger partial charge in [-0.05, 0) is 12.3 Å². The largest absolute Gasteiger partial charge is 0.458 e. The summed E-state index contributed by atoms with van der Waals surface area (Å²) in [4.78, 5) is 52.2. The molecule has 0 radical (unpaired) electrons. The molecule has 2 N–H and O–H groups in total. The Morgan fingerprint density at radius 1 is 1.14 bits per heavy atom. The van der Waals surface area contributed by atoms with Crippen molar-refractivity contribution in [3.8, 4) is 12.3 Å². The van der Waals surface area contributed by atoms with Crippen LogP contribution in [0.1, 0.15) is 34.6 Å². The summed E-state index contributed by atoms with van der Waals surface area (Å²) in [5.41, 5.74) is -9.36. The number of terminal acetylenes is 1. The highest BCUT2D eigenvalue weighted by Gasteiger charge is 3.05. The second-order valence-electron chi connectivity index (χ2n) is 11.9. The molecule has 2 spiro atoms. The first-order valence-corrected chi connectivity index (χ1v) is 12.1. The molecule has 1 unspecified atom stereocenters. The molecule has 2 aliphatic carbocycles. The Balaban J connectivity index is 1.73. The Morgan fingerprint density at radius 3 is 2.41 bits per heavy atom. The van der Waals surface area contributed by atoms with E-state index in [0.29, 0.717) is 0 Å². The number of esters is 4. The van der Waals surface area contributed by atoms with Gasteiger partial charge in [-0.3, -0.25) is 9.59 Å². The van der Waals surface area contributed by atoms with E-state index in [-0.39, 0.29) is 6.61 Å². The third kappa shape index (κ3) is 2.14. The van der Waals surface area contributed by atoms with Crippen molar-refractivity contribution < 1.29 is 57.8 Å². The van der Waals surface area contributed by atoms with Crippen molar-refractivity contribution in [1.82, 2.24) is 0 Å². The molecule has 12 atom stereocenters. The average Bonchev–Trinajstić information content (AvgIpc) is 3.49. The van der Waals surface area contributed by atoms with Gasteiger partial charge in [0.1, 0.15) is 18.8 Å². The number of hydrogen-bond donors (Lipinski definition) is 2. The summed E-state index contributed by atoms with van der Waals surface area (Å²) in [5, 5.41) is 24.3. The highest BCUT2D eigenvalue weighted by Crippen LogP contribution is 2.85. The number of carbonyl (C=O) groups is 4. The number of carbonyl (C=O) groups excluding carboxylic acids is 4. The minimum Gasteiger partial charge on any atom is -0.458 e. The summed E-state index contributed by atoms with van der Waals surface area (Å²) in [6, 6.07) is 0. The van der Waals surface area contributed by atoms with Crippen molar-refractivity contribution >= 4 is 23.9 Å². The van der Waals surface area contributed by atoms with Gasteiger partial charge in [0.25, 0.3) is 0 Å². The molecule has 6 rings (SSSR count). The van der Waals surface area contributed by atoms with Gasteiger partial charge in [0, 0.05) is 12.8 Å². The molecule has 4 aliphatic heterocycles. The van der Waals surface area contributed by atoms with Crippen molar-refractivity contribution in [1.29, 1.82) is 0 Å². The van der Waals surface area contributed by atoms with Crippen LogP contribution < -0.4 is 0 Å². The molecule has 4 heterocycles. The zero-order chi connectivity index (χ0) is 27.1. The van der Waals surface area contributed by atoms with E-state index in [9.17, 15) is 29.4 Å². The lowest BCUT2D eigenvalue weighted by Crippen LogP contribution is -2.67. The topological polar surface area (TPSA) is 164 Å². The molecule has 200 valence electrons. The van der Waals surface area contributed by atoms with Crippen LogP contribution in [0.4, 0.5) is 0 Å². The molecule has 12 heteroatoms. The van der Waals surface area contributed by atoms with Gasteiger partial charge in [0.15, 0.2) is 23.9 Å². The maximum Gasteiger partial charge on any atom is 0.343 e. The van der Waals surface area contributed by atoms with E-state index in [4.69, 9.17) is 34.8 Å². The fourth-order valence-corrected chi connectivity index (χ4v) is 8.86. The maximum absolute atomic E-state index is 13.9. The van der Waals surface area contributed by atoms with Gasteiger partial charge >= 0.3 is 23.9 Å². The van der Waals surface area contributed by atoms with E-state index in [1.807, 2.05) is 20.8 Å². The lowest BCUT2D eigenvalue weighted by atomic mass is 9.51. The number of fused-ring (bicyclic) bond motifs is 1. The summed E-state index contributed by atoms with van der Waals surface area (Å²) in [6.45, 7) is 7.66. The Kier molecular flexibility index (Phi) is 4.54. The van der Waals surface area contributed by atoms with Crippen LogP contribution >= 0.6 is 0 Å². The van der Waals surface area contributed by atoms with E-state index in [0.717, 1.165) is 0 Å². The number of aliphatic hydroxyl groups excluding tert-OH is 1. The zero-order valence-electron chi connectivity index (χ0n) is 20.9. The second kappa shape index (κ2) is 6.83. The van der Waals surface area contributed by atoms with Crippen molar-refractivity contribution in [2.75, 3.05) is 6.61 Å². The zero-order valence-corrected chi connectivity index (χ0v) is 20.9. The average molecular weight is 520 g/mol. The molecule has 2 saturated carbocycles. The van der Waals surface area contributed by atoms with Crippen LogP contribution in [0.2, 0.25) is 0 Å². The fourth-order valence-electron chi connectivity index (χ4n) is 8.86. The van der Waals surface area contributed by atoms with Gasteiger partial charge in [0.05, 0.1) is 16.7 Å². The van der Waals surface area contributed by atoms with E-state index >= 15 is 0 Å². The van der Waals surface area contributed by atoms with Gasteiger partial charge in [-0.2, -0.15) is 0 Å². The molecule has 37 heavy (non-hydrogen) atoms. The highest BCUT2D eigenvalue weighted by molar-refractivity contribution is 5.94. The van der Waals surface area contributed by atoms with Crippen LogP contribution in [0.5, 0.6) is 0 Å². The SMILES string of the molecule is C#CCO[C@H]1C(=O)OC2O[C@]34C(=O)O[C@@H]5[C@H](OC(C)=O)[C@@H](C(C)(C)C)[C@@]21[C@@]53[C@@H](O)[C@@H]1OC(=O)[C@@H](C)[C@@]14O. The second-order valence-corrected chi connectivity index (χ2v) is 11.9. The smallest absolute Gasteiger partial charge is 0.343 e. The predicted octanol–water partition coefficient (Wildman–Crippen LogP) is -1.17. The molecule has 6 fully saturated rings. The van der Waals surface area contributed by atoms with E-state index in [1.165, 1.54) is 13.8 Å². The van der Waals surface area contributed by atoms with E-state index in [2.05, 4.69) is 5.92 Å². The molecule has 4 saturated heterocycles. The molecular formula is C25H28O12. The molecule has 6 aliphatic rings. The minimum atomic E-state index is -2.41. The standard InChI is InChI=1S/C25H28O12/c1-7-8-32-16-18(29)36-20-22(16)12(21(4,5)6)11(33-10(3)26)14-23(22)13(27)15-24(31,9(2)17(28)34-15)25(23,37-20)19(30)35-14/h1,9,11-16,20,27,31H,8H2,2-6H3/t9-,11-,12+,13+,14-,15+,16+,20?,22+,23-,24-,25-/m1/s1. The molecule has 0 amide bonds. The Hall–Kier alpha value is -2.72. The van der Waals surface area contributed by atoms with Crippen LogP contribution in [-0.4, -0.2) is 88.7 Å². The van der Waals surface area contributed by atoms with Crippen LogP contribution in [-0.2, 0) is 47.6 Å². The summed E-state index contributed by atoms with van der Waals surface area (Å²) >= 11 is 0. The normalized spacial score (nSPS) is 52.5. The molecule has 0 aromatic rings. The van der Waals surface area contributed by atoms with Gasteiger partial charge < -0.3 is 38.6 Å². The molecular weight excluding hydrogens is 492 g/mol. The van der Waals surface area contributed by atoms with E-state index in [1.54, 1.807) is 0 Å². The number of aliphatic hydroxyl groups is 2. The Labute approximate surface area is 211 Å². The number of ether oxygens (including phenoxy) is 6. The van der Waals surface area contributed by atoms with Crippen LogP contribution in [0.3, 0.4) is 0 Å². The molecule has 12 nitrogen and oxygen atoms in total. The summed E-state index contributed by atoms with van der Waals surface area (Å²) in [6.07, 6.45) is -3.62. The van der Waals surface area contributed by atoms with Gasteiger partial charge in [0.2, 0.25) is 11.9 Å². The van der Waals surface area contributed by atoms with Crippen LogP contribution in [0.15, 0.2) is 0 Å². The van der Waals surface area contributed by atoms with Crippen molar-refractivity contribution in [2.24, 2.45) is 28.1 Å². The van der Waals surface area contributed by atoms with Crippen LogP contribution in [0, 0.1) is 40.4 Å². The number of hydrogen-bond acceptors (Lipinski definition) is 12.